The van der Waals surface area contributed by atoms with Crippen LogP contribution in [0.2, 0.25) is 0 Å². The van der Waals surface area contributed by atoms with Gasteiger partial charge in [-0.25, -0.2) is 0 Å². The molecule has 0 N–H and O–H groups in total. The van der Waals surface area contributed by atoms with Crippen LogP contribution in [0.15, 0.2) is 18.2 Å². The van der Waals surface area contributed by atoms with E-state index in [0.717, 1.165) is 28.0 Å². The molecule has 1 fully saturated rings. The Labute approximate surface area is 122 Å². The average molecular weight is 359 g/mol. The Balaban J connectivity index is 2.16. The molecule has 1 heterocycles. The highest BCUT2D eigenvalue weighted by Crippen LogP contribution is 2.25. The lowest BCUT2D eigenvalue weighted by atomic mass is 10.0. The van der Waals surface area contributed by atoms with Gasteiger partial charge in [-0.3, -0.25) is 4.79 Å². The summed E-state index contributed by atoms with van der Waals surface area (Å²) < 4.78 is 6.75. The molecule has 1 saturated heterocycles. The van der Waals surface area contributed by atoms with Crippen molar-refractivity contribution in [1.29, 1.82) is 0 Å². The van der Waals surface area contributed by atoms with Crippen molar-refractivity contribution >= 4 is 28.5 Å². The van der Waals surface area contributed by atoms with E-state index < -0.39 is 0 Å². The average Bonchev–Trinajstić information content (AvgIpc) is 2.26. The van der Waals surface area contributed by atoms with E-state index in [-0.39, 0.29) is 12.0 Å². The zero-order valence-corrected chi connectivity index (χ0v) is 13.1. The van der Waals surface area contributed by atoms with Crippen molar-refractivity contribution in [3.63, 3.8) is 0 Å². The number of ether oxygens (including phenoxy) is 1. The molecular formula is C14H18INO2. The second-order valence-corrected chi connectivity index (χ2v) is 6.29. The van der Waals surface area contributed by atoms with Crippen molar-refractivity contribution in [2.24, 2.45) is 5.92 Å². The Morgan fingerprint density at radius 1 is 1.44 bits per heavy atom. The van der Waals surface area contributed by atoms with Gasteiger partial charge in [-0.2, -0.15) is 0 Å². The van der Waals surface area contributed by atoms with E-state index >= 15 is 0 Å². The van der Waals surface area contributed by atoms with Gasteiger partial charge in [-0.1, -0.05) is 6.92 Å². The van der Waals surface area contributed by atoms with Gasteiger partial charge in [-0.05, 0) is 60.6 Å². The summed E-state index contributed by atoms with van der Waals surface area (Å²) >= 11 is 2.23. The highest BCUT2D eigenvalue weighted by atomic mass is 127. The first-order valence-electron chi connectivity index (χ1n) is 6.23. The molecule has 98 valence electrons. The molecule has 1 aliphatic heterocycles. The van der Waals surface area contributed by atoms with Crippen LogP contribution < -0.4 is 4.74 Å². The molecule has 0 aliphatic carbocycles. The van der Waals surface area contributed by atoms with Crippen LogP contribution in [0.3, 0.4) is 0 Å². The van der Waals surface area contributed by atoms with E-state index in [4.69, 9.17) is 4.74 Å². The topological polar surface area (TPSA) is 29.5 Å². The quantitative estimate of drug-likeness (QED) is 0.776. The number of rotatable bonds is 3. The number of carbonyl (C=O) groups is 1. The number of hydrogen-bond donors (Lipinski definition) is 0. The summed E-state index contributed by atoms with van der Waals surface area (Å²) in [6.07, 6.45) is 0.118. The van der Waals surface area contributed by atoms with Crippen LogP contribution in [0, 0.1) is 9.49 Å². The number of nitrogens with zero attached hydrogens (tertiary/aromatic N) is 1. The van der Waals surface area contributed by atoms with Crippen molar-refractivity contribution in [2.75, 3.05) is 13.1 Å². The van der Waals surface area contributed by atoms with E-state index in [0.29, 0.717) is 5.92 Å². The Morgan fingerprint density at radius 2 is 2.11 bits per heavy atom. The largest absolute Gasteiger partial charge is 0.490 e. The van der Waals surface area contributed by atoms with Crippen LogP contribution >= 0.6 is 22.6 Å². The van der Waals surface area contributed by atoms with Crippen LogP contribution in [-0.2, 0) is 0 Å². The maximum absolute atomic E-state index is 12.2. The van der Waals surface area contributed by atoms with E-state index in [2.05, 4.69) is 29.5 Å². The number of likely N-dealkylation sites (tertiary alicyclic amines) is 1. The predicted octanol–water partition coefficient (Wildman–Crippen LogP) is 3.17. The second-order valence-electron chi connectivity index (χ2n) is 5.13. The zero-order chi connectivity index (χ0) is 13.3. The molecule has 0 spiro atoms. The second kappa shape index (κ2) is 5.47. The van der Waals surface area contributed by atoms with Crippen molar-refractivity contribution in [3.8, 4) is 5.75 Å². The van der Waals surface area contributed by atoms with Crippen LogP contribution in [0.1, 0.15) is 31.1 Å². The molecule has 0 bridgehead atoms. The third kappa shape index (κ3) is 2.96. The summed E-state index contributed by atoms with van der Waals surface area (Å²) in [5, 5.41) is 0. The minimum Gasteiger partial charge on any atom is -0.490 e. The fraction of sp³-hybridized carbons (Fsp3) is 0.500. The van der Waals surface area contributed by atoms with Crippen LogP contribution in [0.25, 0.3) is 0 Å². The Hall–Kier alpha value is -0.780. The van der Waals surface area contributed by atoms with Gasteiger partial charge in [0.05, 0.1) is 9.67 Å². The first kappa shape index (κ1) is 13.6. The van der Waals surface area contributed by atoms with Gasteiger partial charge in [-0.15, -0.1) is 0 Å². The normalized spacial score (nSPS) is 15.7. The standard InChI is InChI=1S/C14H18INO2/c1-9(2)18-13-6-11(4-5-12(13)15)14(17)16-7-10(3)8-16/h4-6,9-10H,7-8H2,1-3H3. The number of halogens is 1. The number of benzene rings is 1. The maximum atomic E-state index is 12.2. The van der Waals surface area contributed by atoms with E-state index in [1.54, 1.807) is 0 Å². The zero-order valence-electron chi connectivity index (χ0n) is 10.9. The smallest absolute Gasteiger partial charge is 0.254 e. The summed E-state index contributed by atoms with van der Waals surface area (Å²) in [5.41, 5.74) is 0.720. The lowest BCUT2D eigenvalue weighted by Gasteiger charge is -2.37. The fourth-order valence-electron chi connectivity index (χ4n) is 2.03. The van der Waals surface area contributed by atoms with Crippen LogP contribution in [0.4, 0.5) is 0 Å². The molecule has 3 nitrogen and oxygen atoms in total. The summed E-state index contributed by atoms with van der Waals surface area (Å²) in [6.45, 7) is 7.87. The van der Waals surface area contributed by atoms with Crippen molar-refractivity contribution in [2.45, 2.75) is 26.9 Å². The highest BCUT2D eigenvalue weighted by molar-refractivity contribution is 14.1. The van der Waals surface area contributed by atoms with E-state index in [1.165, 1.54) is 0 Å². The maximum Gasteiger partial charge on any atom is 0.254 e. The van der Waals surface area contributed by atoms with Gasteiger partial charge in [0.15, 0.2) is 0 Å². The molecule has 4 heteroatoms. The molecule has 0 radical (unpaired) electrons. The number of amides is 1. The van der Waals surface area contributed by atoms with Gasteiger partial charge in [0.2, 0.25) is 0 Å². The minimum absolute atomic E-state index is 0.109. The van der Waals surface area contributed by atoms with Crippen LogP contribution in [0.5, 0.6) is 5.75 Å². The third-order valence-corrected chi connectivity index (χ3v) is 3.78. The van der Waals surface area contributed by atoms with E-state index in [1.807, 2.05) is 36.9 Å². The Kier molecular flexibility index (Phi) is 4.14. The summed E-state index contributed by atoms with van der Waals surface area (Å²) in [4.78, 5) is 14.1. The lowest BCUT2D eigenvalue weighted by Crippen LogP contribution is -2.48. The molecular weight excluding hydrogens is 341 g/mol. The summed E-state index contributed by atoms with van der Waals surface area (Å²) in [5.74, 6) is 1.53. The van der Waals surface area contributed by atoms with Crippen molar-refractivity contribution < 1.29 is 9.53 Å². The molecule has 0 atom stereocenters. The minimum atomic E-state index is 0.109. The molecule has 1 aromatic carbocycles. The molecule has 0 aromatic heterocycles. The molecule has 1 aliphatic rings. The van der Waals surface area contributed by atoms with Gasteiger partial charge in [0.1, 0.15) is 5.75 Å². The first-order valence-corrected chi connectivity index (χ1v) is 7.30. The third-order valence-electron chi connectivity index (χ3n) is 2.89. The van der Waals surface area contributed by atoms with Crippen molar-refractivity contribution in [1.82, 2.24) is 4.90 Å². The molecule has 1 aromatic rings. The highest BCUT2D eigenvalue weighted by Gasteiger charge is 2.28. The molecule has 2 rings (SSSR count). The lowest BCUT2D eigenvalue weighted by molar-refractivity contribution is 0.0529. The molecule has 0 unspecified atom stereocenters. The SMILES string of the molecule is CC1CN(C(=O)c2ccc(I)c(OC(C)C)c2)C1. The molecule has 0 saturated carbocycles. The number of hydrogen-bond acceptors (Lipinski definition) is 2. The van der Waals surface area contributed by atoms with Gasteiger partial charge in [0, 0.05) is 18.7 Å². The van der Waals surface area contributed by atoms with E-state index in [9.17, 15) is 4.79 Å². The summed E-state index contributed by atoms with van der Waals surface area (Å²) in [7, 11) is 0. The predicted molar refractivity (Wildman–Crippen MR) is 80.0 cm³/mol. The van der Waals surface area contributed by atoms with Gasteiger partial charge in [0.25, 0.3) is 5.91 Å². The Bertz CT molecular complexity index is 453. The fourth-order valence-corrected chi connectivity index (χ4v) is 2.49. The van der Waals surface area contributed by atoms with Crippen molar-refractivity contribution in [3.05, 3.63) is 27.3 Å². The monoisotopic (exact) mass is 359 g/mol. The summed E-state index contributed by atoms with van der Waals surface area (Å²) in [6, 6.07) is 5.67. The Morgan fingerprint density at radius 3 is 2.67 bits per heavy atom. The van der Waals surface area contributed by atoms with Gasteiger partial charge < -0.3 is 9.64 Å². The first-order chi connectivity index (χ1) is 8.47. The van der Waals surface area contributed by atoms with Gasteiger partial charge >= 0.3 is 0 Å². The molecule has 1 amide bonds. The molecule has 18 heavy (non-hydrogen) atoms. The van der Waals surface area contributed by atoms with Crippen LogP contribution in [-0.4, -0.2) is 30.0 Å². The number of carbonyl (C=O) groups excluding carboxylic acids is 1.